The molecule has 0 spiro atoms. The van der Waals surface area contributed by atoms with Gasteiger partial charge in [-0.1, -0.05) is 24.4 Å². The van der Waals surface area contributed by atoms with Gasteiger partial charge in [0.1, 0.15) is 5.75 Å². The molecular weight excluding hydrogens is 374 g/mol. The topological polar surface area (TPSA) is 47.5 Å². The number of anilines is 1. The standard InChI is InChI=1S/C22H26ClN3O2/c1-27-13-28-21-12-17(23)4-5-19(21)20-11-16-6-7-26(22(16)25-24-20)18-9-14-2-3-15(8-14)10-18/h4-5,11-12,14-15,18H,2-3,6-10,13H2,1H3/t14-,15?,18?/m0/s1. The quantitative estimate of drug-likeness (QED) is 0.681. The van der Waals surface area contributed by atoms with E-state index in [0.29, 0.717) is 16.8 Å². The summed E-state index contributed by atoms with van der Waals surface area (Å²) in [6.45, 7) is 1.23. The van der Waals surface area contributed by atoms with Gasteiger partial charge in [0.05, 0.1) is 5.69 Å². The molecule has 2 fully saturated rings. The summed E-state index contributed by atoms with van der Waals surface area (Å²) >= 11 is 6.15. The van der Waals surface area contributed by atoms with Crippen LogP contribution in [-0.2, 0) is 11.2 Å². The Kier molecular flexibility index (Phi) is 4.89. The molecule has 2 aromatic rings. The lowest BCUT2D eigenvalue weighted by molar-refractivity contribution is 0.0515. The van der Waals surface area contributed by atoms with Gasteiger partial charge in [-0.05, 0) is 61.8 Å². The van der Waals surface area contributed by atoms with Crippen LogP contribution in [0.4, 0.5) is 5.82 Å². The van der Waals surface area contributed by atoms with Crippen LogP contribution in [0.15, 0.2) is 24.3 Å². The second-order valence-corrected chi connectivity index (χ2v) is 8.82. The van der Waals surface area contributed by atoms with E-state index in [1.165, 1.54) is 37.7 Å². The second kappa shape index (κ2) is 7.53. The van der Waals surface area contributed by atoms with Crippen LogP contribution in [0.1, 0.15) is 37.7 Å². The Morgan fingerprint density at radius 3 is 2.71 bits per heavy atom. The van der Waals surface area contributed by atoms with Crippen LogP contribution in [-0.4, -0.2) is 36.7 Å². The van der Waals surface area contributed by atoms with E-state index in [-0.39, 0.29) is 6.79 Å². The van der Waals surface area contributed by atoms with E-state index < -0.39 is 0 Å². The number of benzene rings is 1. The SMILES string of the molecule is COCOc1cc(Cl)ccc1-c1cc2c(nn1)N(C1CC3CC[C@@H](C3)C1)CC2. The smallest absolute Gasteiger partial charge is 0.188 e. The lowest BCUT2D eigenvalue weighted by Gasteiger charge is -2.35. The number of halogens is 1. The Balaban J connectivity index is 1.42. The third-order valence-corrected chi connectivity index (χ3v) is 6.83. The molecule has 5 nitrogen and oxygen atoms in total. The predicted octanol–water partition coefficient (Wildman–Crippen LogP) is 4.72. The van der Waals surface area contributed by atoms with Gasteiger partial charge in [-0.3, -0.25) is 0 Å². The maximum Gasteiger partial charge on any atom is 0.188 e. The van der Waals surface area contributed by atoms with Crippen molar-refractivity contribution in [1.29, 1.82) is 0 Å². The number of aromatic nitrogens is 2. The predicted molar refractivity (Wildman–Crippen MR) is 110 cm³/mol. The molecule has 0 amide bonds. The van der Waals surface area contributed by atoms with Crippen LogP contribution in [0.25, 0.3) is 11.3 Å². The van der Waals surface area contributed by atoms with Crippen LogP contribution < -0.4 is 9.64 Å². The van der Waals surface area contributed by atoms with Gasteiger partial charge in [-0.15, -0.1) is 10.2 Å². The summed E-state index contributed by atoms with van der Waals surface area (Å²) in [6.07, 6.45) is 7.98. The molecule has 3 aliphatic rings. The van der Waals surface area contributed by atoms with Crippen molar-refractivity contribution in [3.05, 3.63) is 34.9 Å². The van der Waals surface area contributed by atoms with Crippen molar-refractivity contribution in [2.75, 3.05) is 25.3 Å². The molecule has 2 saturated carbocycles. The lowest BCUT2D eigenvalue weighted by Crippen LogP contribution is -2.38. The second-order valence-electron chi connectivity index (χ2n) is 8.38. The fourth-order valence-corrected chi connectivity index (χ4v) is 5.52. The summed E-state index contributed by atoms with van der Waals surface area (Å²) in [7, 11) is 1.60. The molecule has 6 heteroatoms. The monoisotopic (exact) mass is 399 g/mol. The molecule has 2 heterocycles. The zero-order valence-corrected chi connectivity index (χ0v) is 17.0. The van der Waals surface area contributed by atoms with Crippen molar-refractivity contribution >= 4 is 17.4 Å². The number of hydrogen-bond acceptors (Lipinski definition) is 5. The molecular formula is C22H26ClN3O2. The summed E-state index contributed by atoms with van der Waals surface area (Å²) in [6, 6.07) is 8.41. The minimum absolute atomic E-state index is 0.170. The Morgan fingerprint density at radius 2 is 1.93 bits per heavy atom. The molecule has 3 atom stereocenters. The number of rotatable bonds is 5. The van der Waals surface area contributed by atoms with Gasteiger partial charge in [-0.25, -0.2) is 0 Å². The average molecular weight is 400 g/mol. The first-order valence-corrected chi connectivity index (χ1v) is 10.6. The molecule has 1 aliphatic heterocycles. The van der Waals surface area contributed by atoms with Crippen LogP contribution in [0.5, 0.6) is 5.75 Å². The number of hydrogen-bond donors (Lipinski definition) is 0. The van der Waals surface area contributed by atoms with Crippen molar-refractivity contribution in [2.24, 2.45) is 11.8 Å². The minimum Gasteiger partial charge on any atom is -0.467 e. The number of ether oxygens (including phenoxy) is 2. The summed E-state index contributed by atoms with van der Waals surface area (Å²) < 4.78 is 10.7. The molecule has 2 bridgehead atoms. The van der Waals surface area contributed by atoms with Gasteiger partial charge in [-0.2, -0.15) is 0 Å². The van der Waals surface area contributed by atoms with E-state index in [1.807, 2.05) is 12.1 Å². The van der Waals surface area contributed by atoms with Gasteiger partial charge >= 0.3 is 0 Å². The summed E-state index contributed by atoms with van der Waals surface area (Å²) in [4.78, 5) is 2.53. The minimum atomic E-state index is 0.170. The molecule has 28 heavy (non-hydrogen) atoms. The first-order valence-electron chi connectivity index (χ1n) is 10.3. The van der Waals surface area contributed by atoms with Gasteiger partial charge in [0.15, 0.2) is 12.6 Å². The van der Waals surface area contributed by atoms with Crippen molar-refractivity contribution in [1.82, 2.24) is 10.2 Å². The normalized spacial score (nSPS) is 25.8. The number of nitrogens with zero attached hydrogens (tertiary/aromatic N) is 3. The Bertz CT molecular complexity index is 863. The maximum atomic E-state index is 6.15. The van der Waals surface area contributed by atoms with Crippen molar-refractivity contribution in [3.63, 3.8) is 0 Å². The van der Waals surface area contributed by atoms with E-state index in [4.69, 9.17) is 21.1 Å². The highest BCUT2D eigenvalue weighted by Gasteiger charge is 2.39. The van der Waals surface area contributed by atoms with Crippen LogP contribution in [0, 0.1) is 11.8 Å². The molecule has 1 aromatic heterocycles. The molecule has 1 aromatic carbocycles. The summed E-state index contributed by atoms with van der Waals surface area (Å²) in [5.74, 6) is 3.61. The Labute approximate surface area is 171 Å². The number of fused-ring (bicyclic) bond motifs is 3. The molecule has 2 unspecified atom stereocenters. The van der Waals surface area contributed by atoms with E-state index >= 15 is 0 Å². The Morgan fingerprint density at radius 1 is 1.11 bits per heavy atom. The van der Waals surface area contributed by atoms with E-state index in [9.17, 15) is 0 Å². The molecule has 148 valence electrons. The Hall–Kier alpha value is -1.85. The lowest BCUT2D eigenvalue weighted by atomic mass is 9.85. The highest BCUT2D eigenvalue weighted by Crippen LogP contribution is 2.45. The van der Waals surface area contributed by atoms with Crippen LogP contribution >= 0.6 is 11.6 Å². The molecule has 2 aliphatic carbocycles. The van der Waals surface area contributed by atoms with E-state index in [0.717, 1.165) is 41.9 Å². The van der Waals surface area contributed by atoms with Crippen LogP contribution in [0.2, 0.25) is 5.02 Å². The van der Waals surface area contributed by atoms with Gasteiger partial charge in [0, 0.05) is 35.8 Å². The molecule has 0 saturated heterocycles. The third-order valence-electron chi connectivity index (χ3n) is 6.60. The van der Waals surface area contributed by atoms with E-state index in [2.05, 4.69) is 21.2 Å². The summed E-state index contributed by atoms with van der Waals surface area (Å²) in [5.41, 5.74) is 3.01. The zero-order valence-electron chi connectivity index (χ0n) is 16.2. The van der Waals surface area contributed by atoms with E-state index in [1.54, 1.807) is 13.2 Å². The summed E-state index contributed by atoms with van der Waals surface area (Å²) in [5, 5.41) is 9.85. The van der Waals surface area contributed by atoms with Gasteiger partial charge in [0.25, 0.3) is 0 Å². The van der Waals surface area contributed by atoms with Crippen molar-refractivity contribution in [3.8, 4) is 17.0 Å². The van der Waals surface area contributed by atoms with Gasteiger partial charge in [0.2, 0.25) is 0 Å². The average Bonchev–Trinajstić information content (AvgIpc) is 3.28. The third kappa shape index (κ3) is 3.35. The van der Waals surface area contributed by atoms with Crippen LogP contribution in [0.3, 0.4) is 0 Å². The molecule has 0 radical (unpaired) electrons. The maximum absolute atomic E-state index is 6.15. The molecule has 5 rings (SSSR count). The highest BCUT2D eigenvalue weighted by molar-refractivity contribution is 6.30. The zero-order chi connectivity index (χ0) is 19.1. The van der Waals surface area contributed by atoms with Gasteiger partial charge < -0.3 is 14.4 Å². The molecule has 0 N–H and O–H groups in total. The fraction of sp³-hybridized carbons (Fsp3) is 0.545. The first-order chi connectivity index (χ1) is 13.7. The highest BCUT2D eigenvalue weighted by atomic mass is 35.5. The first kappa shape index (κ1) is 18.2. The fourth-order valence-electron chi connectivity index (χ4n) is 5.36. The largest absolute Gasteiger partial charge is 0.467 e. The number of methoxy groups -OCH3 is 1. The van der Waals surface area contributed by atoms with Crippen molar-refractivity contribution < 1.29 is 9.47 Å². The van der Waals surface area contributed by atoms with Crippen molar-refractivity contribution in [2.45, 2.75) is 44.6 Å².